The number of fused-ring (bicyclic) bond motifs is 1. The van der Waals surface area contributed by atoms with Gasteiger partial charge in [-0.05, 0) is 67.4 Å². The largest absolute Gasteiger partial charge is 0.368 e. The minimum absolute atomic E-state index is 0.105. The Kier molecular flexibility index (Phi) is 7.65. The number of hydrogen-bond acceptors (Lipinski definition) is 5. The van der Waals surface area contributed by atoms with Gasteiger partial charge in [-0.25, -0.2) is 8.78 Å². The van der Waals surface area contributed by atoms with E-state index in [4.69, 9.17) is 5.73 Å². The van der Waals surface area contributed by atoms with Crippen molar-refractivity contribution >= 4 is 23.4 Å². The highest BCUT2D eigenvalue weighted by Gasteiger charge is 2.41. The van der Waals surface area contributed by atoms with Crippen LogP contribution in [0.3, 0.4) is 0 Å². The average molecular weight is 500 g/mol. The zero-order valence-corrected chi connectivity index (χ0v) is 20.2. The molecule has 2 unspecified atom stereocenters. The van der Waals surface area contributed by atoms with Crippen LogP contribution in [0.1, 0.15) is 36.0 Å². The summed E-state index contributed by atoms with van der Waals surface area (Å²) in [6.07, 6.45) is 3.34. The summed E-state index contributed by atoms with van der Waals surface area (Å²) >= 11 is 0. The molecule has 3 amide bonds. The molecule has 192 valence electrons. The number of anilines is 1. The number of carbonyl (C=O) groups excluding carboxylic acids is 3. The van der Waals surface area contributed by atoms with Crippen molar-refractivity contribution in [3.63, 3.8) is 0 Å². The van der Waals surface area contributed by atoms with Crippen LogP contribution in [0.5, 0.6) is 0 Å². The van der Waals surface area contributed by atoms with E-state index in [1.807, 2.05) is 6.07 Å². The standard InChI is InChI=1S/C26H31F2N5O3/c1-30-26(25(29)36)12-17-5-6-21(10-18(17)13-26)32-23(34)15-33(24(35)22-4-2-3-7-31-22)14-16-8-19(27)11-20(28)9-16/h5-6,8-11,22,30-31H,2-4,7,12-15H2,1H3,(H2,29,36)(H,32,34). The molecule has 2 aliphatic rings. The number of nitrogens with two attached hydrogens (primary N) is 1. The van der Waals surface area contributed by atoms with Crippen LogP contribution in [0.25, 0.3) is 0 Å². The number of amides is 3. The van der Waals surface area contributed by atoms with E-state index < -0.39 is 35.0 Å². The maximum atomic E-state index is 13.8. The van der Waals surface area contributed by atoms with E-state index in [0.29, 0.717) is 31.5 Å². The van der Waals surface area contributed by atoms with Crippen LogP contribution < -0.4 is 21.7 Å². The maximum Gasteiger partial charge on any atom is 0.244 e. The molecule has 1 aliphatic heterocycles. The Morgan fingerprint density at radius 2 is 1.81 bits per heavy atom. The molecule has 2 aromatic carbocycles. The molecule has 1 fully saturated rings. The zero-order chi connectivity index (χ0) is 25.9. The van der Waals surface area contributed by atoms with Crippen LogP contribution in [0.4, 0.5) is 14.5 Å². The molecule has 1 aliphatic carbocycles. The lowest BCUT2D eigenvalue weighted by Gasteiger charge is -2.30. The molecule has 10 heteroatoms. The first kappa shape index (κ1) is 25.7. The zero-order valence-electron chi connectivity index (χ0n) is 20.2. The number of benzene rings is 2. The Labute approximate surface area is 208 Å². The second kappa shape index (κ2) is 10.7. The molecular weight excluding hydrogens is 468 g/mol. The Bertz CT molecular complexity index is 1150. The van der Waals surface area contributed by atoms with Crippen molar-refractivity contribution in [2.24, 2.45) is 5.73 Å². The minimum Gasteiger partial charge on any atom is -0.368 e. The quantitative estimate of drug-likeness (QED) is 0.441. The van der Waals surface area contributed by atoms with Crippen molar-refractivity contribution < 1.29 is 23.2 Å². The number of piperidine rings is 1. The van der Waals surface area contributed by atoms with Gasteiger partial charge in [-0.3, -0.25) is 14.4 Å². The SMILES string of the molecule is CNC1(C(N)=O)Cc2ccc(NC(=O)CN(Cc3cc(F)cc(F)c3)C(=O)C3CCCCN3)cc2C1. The molecule has 0 radical (unpaired) electrons. The fraction of sp³-hybridized carbons (Fsp3) is 0.423. The maximum absolute atomic E-state index is 13.8. The number of halogens is 2. The smallest absolute Gasteiger partial charge is 0.244 e. The molecule has 1 heterocycles. The molecule has 0 saturated carbocycles. The van der Waals surface area contributed by atoms with Gasteiger partial charge in [0.1, 0.15) is 23.7 Å². The second-order valence-corrected chi connectivity index (χ2v) is 9.56. The van der Waals surface area contributed by atoms with Crippen molar-refractivity contribution in [3.8, 4) is 0 Å². The molecule has 8 nitrogen and oxygen atoms in total. The number of carbonyl (C=O) groups is 3. The molecule has 5 N–H and O–H groups in total. The summed E-state index contributed by atoms with van der Waals surface area (Å²) in [5.74, 6) is -2.66. The summed E-state index contributed by atoms with van der Waals surface area (Å²) in [4.78, 5) is 39.5. The highest BCUT2D eigenvalue weighted by Crippen LogP contribution is 2.32. The Hall–Kier alpha value is -3.37. The molecule has 0 spiro atoms. The fourth-order valence-electron chi connectivity index (χ4n) is 5.02. The van der Waals surface area contributed by atoms with Crippen LogP contribution in [0.15, 0.2) is 36.4 Å². The normalized spacial score (nSPS) is 21.0. The van der Waals surface area contributed by atoms with Crippen molar-refractivity contribution in [1.82, 2.24) is 15.5 Å². The van der Waals surface area contributed by atoms with E-state index >= 15 is 0 Å². The number of primary amides is 1. The van der Waals surface area contributed by atoms with Gasteiger partial charge in [0, 0.05) is 31.1 Å². The predicted octanol–water partition coefficient (Wildman–Crippen LogP) is 1.62. The Morgan fingerprint density at radius 1 is 1.08 bits per heavy atom. The molecular formula is C26H31F2N5O3. The summed E-state index contributed by atoms with van der Waals surface area (Å²) in [7, 11) is 1.69. The summed E-state index contributed by atoms with van der Waals surface area (Å²) in [5, 5.41) is 8.99. The monoisotopic (exact) mass is 499 g/mol. The van der Waals surface area contributed by atoms with Crippen LogP contribution in [-0.2, 0) is 33.8 Å². The van der Waals surface area contributed by atoms with Crippen molar-refractivity contribution in [3.05, 3.63) is 64.7 Å². The summed E-state index contributed by atoms with van der Waals surface area (Å²) in [5.41, 5.74) is 7.40. The van der Waals surface area contributed by atoms with E-state index in [2.05, 4.69) is 16.0 Å². The first-order valence-corrected chi connectivity index (χ1v) is 12.1. The van der Waals surface area contributed by atoms with Crippen molar-refractivity contribution in [2.45, 2.75) is 50.2 Å². The highest BCUT2D eigenvalue weighted by molar-refractivity contribution is 5.95. The Balaban J connectivity index is 1.48. The molecule has 4 rings (SSSR count). The van der Waals surface area contributed by atoms with E-state index in [0.717, 1.165) is 42.2 Å². The lowest BCUT2D eigenvalue weighted by molar-refractivity contribution is -0.137. The number of likely N-dealkylation sites (N-methyl/N-ethyl adjacent to an activating group) is 1. The minimum atomic E-state index is -0.860. The number of nitrogens with zero attached hydrogens (tertiary/aromatic N) is 1. The van der Waals surface area contributed by atoms with E-state index in [9.17, 15) is 23.2 Å². The van der Waals surface area contributed by atoms with Crippen LogP contribution in [0.2, 0.25) is 0 Å². The predicted molar refractivity (Wildman–Crippen MR) is 131 cm³/mol. The number of nitrogens with one attached hydrogen (secondary N) is 3. The highest BCUT2D eigenvalue weighted by atomic mass is 19.1. The molecule has 0 aromatic heterocycles. The van der Waals surface area contributed by atoms with Gasteiger partial charge in [-0.2, -0.15) is 0 Å². The summed E-state index contributed by atoms with van der Waals surface area (Å²) in [6, 6.07) is 8.00. The Morgan fingerprint density at radius 3 is 2.44 bits per heavy atom. The topological polar surface area (TPSA) is 117 Å². The molecule has 0 bridgehead atoms. The van der Waals surface area contributed by atoms with Gasteiger partial charge in [0.2, 0.25) is 17.7 Å². The summed E-state index contributed by atoms with van der Waals surface area (Å²) < 4.78 is 27.5. The van der Waals surface area contributed by atoms with E-state index in [1.165, 1.54) is 4.90 Å². The lowest BCUT2D eigenvalue weighted by atomic mass is 9.95. The van der Waals surface area contributed by atoms with Gasteiger partial charge >= 0.3 is 0 Å². The third-order valence-electron chi connectivity index (χ3n) is 6.98. The second-order valence-electron chi connectivity index (χ2n) is 9.56. The van der Waals surface area contributed by atoms with Gasteiger partial charge in [0.05, 0.1) is 6.04 Å². The third-order valence-corrected chi connectivity index (χ3v) is 6.98. The van der Waals surface area contributed by atoms with Gasteiger partial charge in [-0.1, -0.05) is 12.5 Å². The fourth-order valence-corrected chi connectivity index (χ4v) is 5.02. The first-order chi connectivity index (χ1) is 17.2. The summed E-state index contributed by atoms with van der Waals surface area (Å²) in [6.45, 7) is 0.306. The number of hydrogen-bond donors (Lipinski definition) is 4. The molecule has 2 atom stereocenters. The van der Waals surface area contributed by atoms with Crippen molar-refractivity contribution in [1.29, 1.82) is 0 Å². The van der Waals surface area contributed by atoms with Crippen molar-refractivity contribution in [2.75, 3.05) is 25.5 Å². The molecule has 1 saturated heterocycles. The van der Waals surface area contributed by atoms with Crippen LogP contribution >= 0.6 is 0 Å². The van der Waals surface area contributed by atoms with Gasteiger partial charge in [0.25, 0.3) is 0 Å². The van der Waals surface area contributed by atoms with E-state index in [-0.39, 0.29) is 24.6 Å². The van der Waals surface area contributed by atoms with Gasteiger partial charge in [0.15, 0.2) is 0 Å². The van der Waals surface area contributed by atoms with Crippen LogP contribution in [-0.4, -0.2) is 54.3 Å². The lowest BCUT2D eigenvalue weighted by Crippen LogP contribution is -2.54. The van der Waals surface area contributed by atoms with Gasteiger partial charge < -0.3 is 26.6 Å². The molecule has 36 heavy (non-hydrogen) atoms. The molecule has 2 aromatic rings. The third kappa shape index (κ3) is 5.71. The van der Waals surface area contributed by atoms with E-state index in [1.54, 1.807) is 19.2 Å². The average Bonchev–Trinajstić information content (AvgIpc) is 3.23. The van der Waals surface area contributed by atoms with Gasteiger partial charge in [-0.15, -0.1) is 0 Å². The van der Waals surface area contributed by atoms with Crippen LogP contribution in [0, 0.1) is 11.6 Å². The first-order valence-electron chi connectivity index (χ1n) is 12.1. The number of rotatable bonds is 8.